The Morgan fingerprint density at radius 3 is 2.90 bits per heavy atom. The van der Waals surface area contributed by atoms with Crippen LogP contribution in [-0.2, 0) is 7.05 Å². The number of aryl methyl sites for hydroxylation is 1. The molecule has 3 aromatic rings. The molecule has 0 N–H and O–H groups in total. The number of aromatic nitrogens is 3. The molecular weight excluding hydrogens is 252 g/mol. The summed E-state index contributed by atoms with van der Waals surface area (Å²) < 4.78 is 7.22. The van der Waals surface area contributed by atoms with Crippen LogP contribution in [0.1, 0.15) is 5.56 Å². The molecule has 1 aromatic carbocycles. The number of fused-ring (bicyclic) bond motifs is 1. The van der Waals surface area contributed by atoms with Gasteiger partial charge in [-0.25, -0.2) is 9.97 Å². The summed E-state index contributed by atoms with van der Waals surface area (Å²) in [4.78, 5) is 8.79. The smallest absolute Gasteiger partial charge is 0.224 e. The summed E-state index contributed by atoms with van der Waals surface area (Å²) in [6.07, 6.45) is 1.68. The predicted molar refractivity (Wildman–Crippen MR) is 75.2 cm³/mol. The molecule has 0 bridgehead atoms. The van der Waals surface area contributed by atoms with Crippen molar-refractivity contribution >= 4 is 11.0 Å². The van der Waals surface area contributed by atoms with Gasteiger partial charge in [-0.15, -0.1) is 0 Å². The standard InChI is InChI=1S/C15H12N4O/c1-19-13-8-10(9-16)5-6-12(13)18-14(19)11-4-3-7-17-15(11)20-2/h3-8H,1-2H3. The Bertz CT molecular complexity index is 829. The molecule has 20 heavy (non-hydrogen) atoms. The molecule has 0 radical (unpaired) electrons. The Morgan fingerprint density at radius 2 is 2.15 bits per heavy atom. The van der Waals surface area contributed by atoms with Crippen LogP contribution in [0.5, 0.6) is 5.88 Å². The molecular formula is C15H12N4O. The van der Waals surface area contributed by atoms with Crippen molar-refractivity contribution in [2.75, 3.05) is 7.11 Å². The Kier molecular flexibility index (Phi) is 2.84. The van der Waals surface area contributed by atoms with Crippen LogP contribution in [0, 0.1) is 11.3 Å². The molecule has 0 aliphatic rings. The van der Waals surface area contributed by atoms with Crippen molar-refractivity contribution in [1.82, 2.24) is 14.5 Å². The van der Waals surface area contributed by atoms with Gasteiger partial charge < -0.3 is 9.30 Å². The van der Waals surface area contributed by atoms with Crippen LogP contribution in [-0.4, -0.2) is 21.6 Å². The van der Waals surface area contributed by atoms with Gasteiger partial charge in [0.15, 0.2) is 0 Å². The first-order valence-electron chi connectivity index (χ1n) is 6.10. The van der Waals surface area contributed by atoms with Gasteiger partial charge in [-0.2, -0.15) is 5.26 Å². The van der Waals surface area contributed by atoms with Gasteiger partial charge in [0, 0.05) is 13.2 Å². The molecule has 2 aromatic heterocycles. The van der Waals surface area contributed by atoms with Gasteiger partial charge in [-0.3, -0.25) is 0 Å². The van der Waals surface area contributed by atoms with Gasteiger partial charge in [-0.05, 0) is 30.3 Å². The van der Waals surface area contributed by atoms with Crippen molar-refractivity contribution in [2.45, 2.75) is 0 Å². The van der Waals surface area contributed by atoms with Gasteiger partial charge in [0.2, 0.25) is 5.88 Å². The quantitative estimate of drug-likeness (QED) is 0.713. The number of methoxy groups -OCH3 is 1. The second-order valence-electron chi connectivity index (χ2n) is 4.37. The molecule has 0 aliphatic carbocycles. The fourth-order valence-electron chi connectivity index (χ4n) is 2.22. The van der Waals surface area contributed by atoms with E-state index in [4.69, 9.17) is 10.00 Å². The summed E-state index contributed by atoms with van der Waals surface area (Å²) in [5.74, 6) is 1.30. The molecule has 98 valence electrons. The Morgan fingerprint density at radius 1 is 1.30 bits per heavy atom. The lowest BCUT2D eigenvalue weighted by Gasteiger charge is -2.06. The van der Waals surface area contributed by atoms with Crippen LogP contribution in [0.25, 0.3) is 22.4 Å². The fourth-order valence-corrected chi connectivity index (χ4v) is 2.22. The van der Waals surface area contributed by atoms with E-state index in [-0.39, 0.29) is 0 Å². The number of ether oxygens (including phenoxy) is 1. The van der Waals surface area contributed by atoms with Crippen LogP contribution in [0.4, 0.5) is 0 Å². The predicted octanol–water partition coefficient (Wildman–Crippen LogP) is 2.52. The Labute approximate surface area is 116 Å². The lowest BCUT2D eigenvalue weighted by molar-refractivity contribution is 0.399. The molecule has 5 heteroatoms. The van der Waals surface area contributed by atoms with Crippen molar-refractivity contribution in [2.24, 2.45) is 7.05 Å². The van der Waals surface area contributed by atoms with Gasteiger partial charge >= 0.3 is 0 Å². The third-order valence-corrected chi connectivity index (χ3v) is 3.22. The first kappa shape index (κ1) is 12.2. The molecule has 0 amide bonds. The second kappa shape index (κ2) is 4.67. The minimum atomic E-state index is 0.534. The normalized spacial score (nSPS) is 10.4. The van der Waals surface area contributed by atoms with E-state index >= 15 is 0 Å². The van der Waals surface area contributed by atoms with Crippen LogP contribution in [0.15, 0.2) is 36.5 Å². The Hall–Kier alpha value is -2.87. The third kappa shape index (κ3) is 1.79. The van der Waals surface area contributed by atoms with E-state index in [1.54, 1.807) is 19.4 Å². The van der Waals surface area contributed by atoms with Crippen LogP contribution >= 0.6 is 0 Å². The van der Waals surface area contributed by atoms with E-state index in [2.05, 4.69) is 16.0 Å². The van der Waals surface area contributed by atoms with Crippen LogP contribution in [0.2, 0.25) is 0 Å². The molecule has 0 saturated carbocycles. The highest BCUT2D eigenvalue weighted by Crippen LogP contribution is 2.29. The fraction of sp³-hybridized carbons (Fsp3) is 0.133. The van der Waals surface area contributed by atoms with Crippen molar-refractivity contribution in [3.63, 3.8) is 0 Å². The molecule has 0 aliphatic heterocycles. The number of imidazole rings is 1. The van der Waals surface area contributed by atoms with E-state index in [1.165, 1.54) is 0 Å². The van der Waals surface area contributed by atoms with Crippen LogP contribution in [0.3, 0.4) is 0 Å². The highest BCUT2D eigenvalue weighted by Gasteiger charge is 2.14. The first-order chi connectivity index (χ1) is 9.74. The number of hydrogen-bond acceptors (Lipinski definition) is 4. The molecule has 5 nitrogen and oxygen atoms in total. The average molecular weight is 264 g/mol. The van der Waals surface area contributed by atoms with Crippen molar-refractivity contribution in [3.8, 4) is 23.3 Å². The van der Waals surface area contributed by atoms with E-state index in [0.29, 0.717) is 11.4 Å². The zero-order valence-corrected chi connectivity index (χ0v) is 11.2. The van der Waals surface area contributed by atoms with Gasteiger partial charge in [-0.1, -0.05) is 0 Å². The molecule has 0 saturated heterocycles. The summed E-state index contributed by atoms with van der Waals surface area (Å²) >= 11 is 0. The van der Waals surface area contributed by atoms with Gasteiger partial charge in [0.25, 0.3) is 0 Å². The molecule has 2 heterocycles. The van der Waals surface area contributed by atoms with E-state index in [0.717, 1.165) is 22.4 Å². The maximum atomic E-state index is 8.98. The lowest BCUT2D eigenvalue weighted by atomic mass is 10.2. The zero-order chi connectivity index (χ0) is 14.1. The summed E-state index contributed by atoms with van der Waals surface area (Å²) in [6, 6.07) is 11.3. The maximum Gasteiger partial charge on any atom is 0.224 e. The highest BCUT2D eigenvalue weighted by atomic mass is 16.5. The largest absolute Gasteiger partial charge is 0.480 e. The van der Waals surface area contributed by atoms with E-state index < -0.39 is 0 Å². The zero-order valence-electron chi connectivity index (χ0n) is 11.2. The second-order valence-corrected chi connectivity index (χ2v) is 4.37. The monoisotopic (exact) mass is 264 g/mol. The summed E-state index contributed by atoms with van der Waals surface area (Å²) in [5.41, 5.74) is 3.19. The number of pyridine rings is 1. The lowest BCUT2D eigenvalue weighted by Crippen LogP contribution is -1.97. The number of benzene rings is 1. The van der Waals surface area contributed by atoms with Gasteiger partial charge in [0.05, 0.1) is 35.3 Å². The number of rotatable bonds is 2. The highest BCUT2D eigenvalue weighted by molar-refractivity contribution is 5.82. The molecule has 0 atom stereocenters. The first-order valence-corrected chi connectivity index (χ1v) is 6.10. The molecule has 0 unspecified atom stereocenters. The van der Waals surface area contributed by atoms with E-state index in [1.807, 2.05) is 35.9 Å². The average Bonchev–Trinajstić information content (AvgIpc) is 2.83. The number of hydrogen-bond donors (Lipinski definition) is 0. The molecule has 0 fully saturated rings. The molecule has 0 spiro atoms. The topological polar surface area (TPSA) is 63.7 Å². The summed E-state index contributed by atoms with van der Waals surface area (Å²) in [7, 11) is 3.50. The van der Waals surface area contributed by atoms with Crippen molar-refractivity contribution < 1.29 is 4.74 Å². The van der Waals surface area contributed by atoms with Crippen molar-refractivity contribution in [1.29, 1.82) is 5.26 Å². The Balaban J connectivity index is 2.27. The number of nitrogens with zero attached hydrogens (tertiary/aromatic N) is 4. The minimum absolute atomic E-state index is 0.534. The minimum Gasteiger partial charge on any atom is -0.480 e. The number of nitriles is 1. The van der Waals surface area contributed by atoms with E-state index in [9.17, 15) is 0 Å². The van der Waals surface area contributed by atoms with Crippen LogP contribution < -0.4 is 4.74 Å². The summed E-state index contributed by atoms with van der Waals surface area (Å²) in [6.45, 7) is 0. The third-order valence-electron chi connectivity index (χ3n) is 3.22. The SMILES string of the molecule is COc1ncccc1-c1nc2ccc(C#N)cc2n1C. The van der Waals surface area contributed by atoms with Crippen molar-refractivity contribution in [3.05, 3.63) is 42.1 Å². The maximum absolute atomic E-state index is 8.98. The summed E-state index contributed by atoms with van der Waals surface area (Å²) in [5, 5.41) is 8.98. The molecule has 3 rings (SSSR count). The van der Waals surface area contributed by atoms with Gasteiger partial charge in [0.1, 0.15) is 5.82 Å².